The number of carbonyl (C=O) groups is 3. The molecule has 14 heteroatoms. The maximum Gasteiger partial charge on any atom is 0.352 e. The summed E-state index contributed by atoms with van der Waals surface area (Å²) in [5.74, 6) is -2.07. The van der Waals surface area contributed by atoms with E-state index in [2.05, 4.69) is 15.5 Å². The van der Waals surface area contributed by atoms with Gasteiger partial charge in [0.1, 0.15) is 28.9 Å². The molecule has 1 aliphatic carbocycles. The van der Waals surface area contributed by atoms with Gasteiger partial charge in [0.2, 0.25) is 0 Å². The molecule has 1 saturated heterocycles. The van der Waals surface area contributed by atoms with Gasteiger partial charge >= 0.3 is 5.97 Å². The molecule has 2 aliphatic heterocycles. The second-order valence-corrected chi connectivity index (χ2v) is 10.8. The topological polar surface area (TPSA) is 171 Å². The lowest BCUT2D eigenvalue weighted by molar-refractivity contribution is -0.689. The van der Waals surface area contributed by atoms with E-state index in [0.717, 1.165) is 24.2 Å². The number of nitrogens with two attached hydrogens (primary N) is 1. The van der Waals surface area contributed by atoms with Crippen molar-refractivity contribution in [2.24, 2.45) is 5.16 Å². The lowest BCUT2D eigenvalue weighted by atomic mass is 10.0. The molecule has 2 aromatic heterocycles. The van der Waals surface area contributed by atoms with E-state index in [-0.39, 0.29) is 41.5 Å². The van der Waals surface area contributed by atoms with Crippen LogP contribution in [-0.2, 0) is 32.4 Å². The zero-order chi connectivity index (χ0) is 26.8. The van der Waals surface area contributed by atoms with Crippen molar-refractivity contribution in [3.63, 3.8) is 0 Å². The van der Waals surface area contributed by atoms with Crippen LogP contribution in [0.2, 0.25) is 0 Å². The molecule has 0 aromatic carbocycles. The van der Waals surface area contributed by atoms with Crippen LogP contribution in [0.25, 0.3) is 0 Å². The first kappa shape index (κ1) is 25.9. The highest BCUT2D eigenvalue weighted by atomic mass is 32.2. The number of hydrogen-bond donors (Lipinski definition) is 4. The summed E-state index contributed by atoms with van der Waals surface area (Å²) < 4.78 is 1.76. The van der Waals surface area contributed by atoms with Crippen LogP contribution in [0.15, 0.2) is 58.5 Å². The number of rotatable bonds is 9. The smallest absolute Gasteiger partial charge is 0.352 e. The molecule has 0 saturated carbocycles. The summed E-state index contributed by atoms with van der Waals surface area (Å²) in [4.78, 5) is 49.4. The van der Waals surface area contributed by atoms with Crippen molar-refractivity contribution >= 4 is 51.7 Å². The number of hydrogen-bond acceptors (Lipinski definition) is 10. The van der Waals surface area contributed by atoms with E-state index in [1.807, 2.05) is 12.2 Å². The number of aliphatic hydroxyl groups is 1. The van der Waals surface area contributed by atoms with E-state index < -0.39 is 29.2 Å². The average molecular weight is 558 g/mol. The fourth-order valence-corrected chi connectivity index (χ4v) is 6.30. The van der Waals surface area contributed by atoms with Crippen molar-refractivity contribution in [1.82, 2.24) is 15.2 Å². The minimum atomic E-state index is -1.22. The standard InChI is InChI=1S/C24H24N6O6S2/c25-24-26-16(12-38-24)17(28-36-15-5-1-2-6-15)20(32)27-18-21(33)30-19(23(34)35)14(11-37-22(18)30)9-29-7-3-4-13(8-29)10-31/h1,3-5,7-8,12,15,18,22,31H,2,6,9-11H2,(H3-,25,26,27,32,34,35)/p+1/t15?,18?,22-/m0/s1. The van der Waals surface area contributed by atoms with Crippen molar-refractivity contribution in [3.8, 4) is 0 Å². The third kappa shape index (κ3) is 5.14. The van der Waals surface area contributed by atoms with Crippen LogP contribution in [0, 0.1) is 0 Å². The summed E-state index contributed by atoms with van der Waals surface area (Å²) in [6, 6.07) is 2.57. The van der Waals surface area contributed by atoms with Gasteiger partial charge in [0.15, 0.2) is 29.8 Å². The number of aromatic nitrogens is 2. The number of nitrogens with zero attached hydrogens (tertiary/aromatic N) is 4. The Morgan fingerprint density at radius 1 is 1.39 bits per heavy atom. The maximum atomic E-state index is 13.2. The number of aliphatic carboxylic acids is 1. The number of thioether (sulfide) groups is 1. The Labute approximate surface area is 225 Å². The van der Waals surface area contributed by atoms with E-state index in [0.29, 0.717) is 16.9 Å². The molecule has 1 fully saturated rings. The molecule has 2 aromatic rings. The van der Waals surface area contributed by atoms with Gasteiger partial charge in [0.05, 0.1) is 6.61 Å². The molecule has 38 heavy (non-hydrogen) atoms. The molecule has 0 bridgehead atoms. The Hall–Kier alpha value is -3.75. The number of carboxylic acids is 1. The molecule has 198 valence electrons. The number of anilines is 1. The molecule has 0 spiro atoms. The first-order chi connectivity index (χ1) is 18.4. The van der Waals surface area contributed by atoms with Crippen molar-refractivity contribution in [1.29, 1.82) is 0 Å². The maximum absolute atomic E-state index is 13.2. The Balaban J connectivity index is 1.34. The molecule has 0 radical (unpaired) electrons. The highest BCUT2D eigenvalue weighted by molar-refractivity contribution is 8.00. The van der Waals surface area contributed by atoms with E-state index in [9.17, 15) is 24.6 Å². The zero-order valence-corrected chi connectivity index (χ0v) is 21.7. The van der Waals surface area contributed by atoms with Crippen molar-refractivity contribution < 1.29 is 34.0 Å². The second-order valence-electron chi connectivity index (χ2n) is 8.82. The fourth-order valence-electron chi connectivity index (χ4n) is 4.42. The van der Waals surface area contributed by atoms with Crippen LogP contribution in [0.4, 0.5) is 5.13 Å². The number of fused-ring (bicyclic) bond motifs is 1. The number of nitrogens with one attached hydrogen (secondary N) is 1. The minimum Gasteiger partial charge on any atom is -0.477 e. The second kappa shape index (κ2) is 10.9. The third-order valence-electron chi connectivity index (χ3n) is 6.24. The average Bonchev–Trinajstić information content (AvgIpc) is 3.59. The number of thiazole rings is 1. The van der Waals surface area contributed by atoms with Gasteiger partial charge in [0.25, 0.3) is 11.8 Å². The fraction of sp³-hybridized carbons (Fsp3) is 0.333. The van der Waals surface area contributed by atoms with Gasteiger partial charge in [-0.2, -0.15) is 0 Å². The van der Waals surface area contributed by atoms with Gasteiger partial charge in [-0.05, 0) is 25.0 Å². The molecule has 12 nitrogen and oxygen atoms in total. The van der Waals surface area contributed by atoms with Gasteiger partial charge in [-0.25, -0.2) is 14.3 Å². The summed E-state index contributed by atoms with van der Waals surface area (Å²) in [6.07, 6.45) is 8.63. The molecule has 5 N–H and O–H groups in total. The number of allylic oxidation sites excluding steroid dienone is 1. The minimum absolute atomic E-state index is 0.0938. The number of aliphatic hydroxyl groups excluding tert-OH is 1. The van der Waals surface area contributed by atoms with E-state index >= 15 is 0 Å². The largest absolute Gasteiger partial charge is 0.477 e. The van der Waals surface area contributed by atoms with E-state index in [1.165, 1.54) is 16.7 Å². The van der Waals surface area contributed by atoms with Crippen LogP contribution >= 0.6 is 23.1 Å². The van der Waals surface area contributed by atoms with Gasteiger partial charge in [-0.1, -0.05) is 11.2 Å². The number of pyridine rings is 1. The van der Waals surface area contributed by atoms with E-state index in [1.54, 1.807) is 34.5 Å². The molecule has 3 aliphatic rings. The zero-order valence-electron chi connectivity index (χ0n) is 20.0. The van der Waals surface area contributed by atoms with Gasteiger partial charge in [-0.3, -0.25) is 14.5 Å². The van der Waals surface area contributed by atoms with Gasteiger partial charge in [-0.15, -0.1) is 23.1 Å². The Morgan fingerprint density at radius 3 is 2.92 bits per heavy atom. The summed E-state index contributed by atoms with van der Waals surface area (Å²) in [5.41, 5.74) is 6.99. The number of carbonyl (C=O) groups excluding carboxylic acids is 2. The van der Waals surface area contributed by atoms with Crippen LogP contribution in [0.5, 0.6) is 0 Å². The summed E-state index contributed by atoms with van der Waals surface area (Å²) >= 11 is 2.51. The Morgan fingerprint density at radius 2 is 2.24 bits per heavy atom. The molecule has 4 heterocycles. The molecule has 3 atom stereocenters. The molecule has 5 rings (SSSR count). The first-order valence-electron chi connectivity index (χ1n) is 11.8. The van der Waals surface area contributed by atoms with Gasteiger partial charge in [0, 0.05) is 28.3 Å². The summed E-state index contributed by atoms with van der Waals surface area (Å²) in [6.45, 7) is 0.0979. The SMILES string of the molecule is Nc1nc(C(=NOC2C=CCC2)C(=O)NC2C(=O)N3C(C(=O)O)=C(C[n+]4cccc(CO)c4)CS[C@@H]23)cs1. The third-order valence-corrected chi connectivity index (χ3v) is 8.25. The summed E-state index contributed by atoms with van der Waals surface area (Å²) in [5, 5.41) is 27.3. The number of β-lactam (4-membered cyclic amide) rings is 1. The highest BCUT2D eigenvalue weighted by Crippen LogP contribution is 2.40. The van der Waals surface area contributed by atoms with Crippen molar-refractivity contribution in [3.05, 3.63) is 64.6 Å². The van der Waals surface area contributed by atoms with Crippen LogP contribution in [-0.4, -0.2) is 66.9 Å². The molecular formula is C24H25N6O6S2+. The van der Waals surface area contributed by atoms with Crippen molar-refractivity contribution in [2.45, 2.75) is 43.5 Å². The lowest BCUT2D eigenvalue weighted by Crippen LogP contribution is -2.71. The first-order valence-corrected chi connectivity index (χ1v) is 13.7. The highest BCUT2D eigenvalue weighted by Gasteiger charge is 2.54. The summed E-state index contributed by atoms with van der Waals surface area (Å²) in [7, 11) is 0. The van der Waals surface area contributed by atoms with Crippen LogP contribution < -0.4 is 15.6 Å². The predicted molar refractivity (Wildman–Crippen MR) is 139 cm³/mol. The Bertz CT molecular complexity index is 1370. The number of nitrogen functional groups attached to an aromatic ring is 1. The predicted octanol–water partition coefficient (Wildman–Crippen LogP) is 0.383. The molecule has 2 amide bonds. The van der Waals surface area contributed by atoms with Crippen molar-refractivity contribution in [2.75, 3.05) is 11.5 Å². The Kier molecular flexibility index (Phi) is 7.44. The molecule has 2 unspecified atom stereocenters. The number of amides is 2. The van der Waals surface area contributed by atoms with Crippen LogP contribution in [0.1, 0.15) is 24.1 Å². The number of oxime groups is 1. The number of carboxylic acid groups (broad SMARTS) is 1. The van der Waals surface area contributed by atoms with Gasteiger partial charge < -0.3 is 26.1 Å². The monoisotopic (exact) mass is 557 g/mol. The lowest BCUT2D eigenvalue weighted by Gasteiger charge is -2.49. The van der Waals surface area contributed by atoms with E-state index in [4.69, 9.17) is 10.6 Å². The quantitative estimate of drug-likeness (QED) is 0.112. The molecular weight excluding hydrogens is 532 g/mol. The normalized spacial score (nSPS) is 22.8. The van der Waals surface area contributed by atoms with Crippen LogP contribution in [0.3, 0.4) is 0 Å².